The molecule has 1 aliphatic rings. The topological polar surface area (TPSA) is 85.5 Å². The van der Waals surface area contributed by atoms with Crippen LogP contribution in [-0.2, 0) is 4.79 Å². The zero-order chi connectivity index (χ0) is 17.9. The molecule has 0 fully saturated rings. The van der Waals surface area contributed by atoms with Gasteiger partial charge in [-0.2, -0.15) is 23.5 Å². The van der Waals surface area contributed by atoms with Gasteiger partial charge < -0.3 is 5.11 Å². The molecule has 1 aromatic rings. The van der Waals surface area contributed by atoms with Gasteiger partial charge in [0.25, 0.3) is 0 Å². The van der Waals surface area contributed by atoms with Crippen LogP contribution in [0.5, 0.6) is 0 Å². The van der Waals surface area contributed by atoms with E-state index in [-0.39, 0.29) is 18.5 Å². The summed E-state index contributed by atoms with van der Waals surface area (Å²) in [5.41, 5.74) is 0.443. The van der Waals surface area contributed by atoms with Crippen molar-refractivity contribution < 1.29 is 23.1 Å². The molecule has 126 valence electrons. The first-order chi connectivity index (χ1) is 11.2. The summed E-state index contributed by atoms with van der Waals surface area (Å²) in [5, 5.41) is 21.8. The molecule has 1 aliphatic carbocycles. The quantitative estimate of drug-likeness (QED) is 0.586. The van der Waals surface area contributed by atoms with Gasteiger partial charge in [-0.1, -0.05) is 0 Å². The van der Waals surface area contributed by atoms with Crippen LogP contribution in [0, 0.1) is 11.3 Å². The molecular formula is C15H11BrF3N3O2. The largest absolute Gasteiger partial charge is 0.511 e. The summed E-state index contributed by atoms with van der Waals surface area (Å²) in [6, 6.07) is 6.05. The standard InChI is InChI=1S/C15H11BrF3N3O2/c16-10-6-9(5-4-8(10)7-20)21-22-14(15(17,18)19)13-11(23)2-1-3-12(13)24/h4-6,21,23H,1-3H2. The van der Waals surface area contributed by atoms with Crippen LogP contribution in [0.15, 0.2) is 39.1 Å². The Balaban J connectivity index is 2.39. The van der Waals surface area contributed by atoms with E-state index in [0.717, 1.165) is 0 Å². The molecule has 2 N–H and O–H groups in total. The first-order valence-corrected chi connectivity index (χ1v) is 7.59. The number of anilines is 1. The number of carbonyl (C=O) groups is 1. The molecule has 0 aliphatic heterocycles. The number of aliphatic hydroxyl groups is 1. The van der Waals surface area contributed by atoms with Gasteiger partial charge >= 0.3 is 6.18 Å². The minimum absolute atomic E-state index is 0.00140. The van der Waals surface area contributed by atoms with Crippen molar-refractivity contribution in [1.29, 1.82) is 5.26 Å². The van der Waals surface area contributed by atoms with Crippen molar-refractivity contribution in [1.82, 2.24) is 0 Å². The Morgan fingerprint density at radius 1 is 1.38 bits per heavy atom. The van der Waals surface area contributed by atoms with Crippen LogP contribution < -0.4 is 5.43 Å². The van der Waals surface area contributed by atoms with Crippen LogP contribution in [0.3, 0.4) is 0 Å². The van der Waals surface area contributed by atoms with Crippen LogP contribution in [0.4, 0.5) is 18.9 Å². The van der Waals surface area contributed by atoms with Gasteiger partial charge in [0.15, 0.2) is 11.5 Å². The minimum atomic E-state index is -4.91. The lowest BCUT2D eigenvalue weighted by Gasteiger charge is -2.18. The molecule has 0 amide bonds. The summed E-state index contributed by atoms with van der Waals surface area (Å²) in [5.74, 6) is -1.40. The molecule has 0 saturated carbocycles. The highest BCUT2D eigenvalue weighted by Crippen LogP contribution is 2.30. The fraction of sp³-hybridized carbons (Fsp3) is 0.267. The molecule has 0 radical (unpaired) electrons. The van der Waals surface area contributed by atoms with Crippen molar-refractivity contribution in [2.24, 2.45) is 5.10 Å². The van der Waals surface area contributed by atoms with Gasteiger partial charge in [-0.05, 0) is 40.5 Å². The van der Waals surface area contributed by atoms with Crippen molar-refractivity contribution in [3.63, 3.8) is 0 Å². The number of allylic oxidation sites excluding steroid dienone is 2. The van der Waals surface area contributed by atoms with Gasteiger partial charge in [-0.25, -0.2) is 0 Å². The van der Waals surface area contributed by atoms with Crippen LogP contribution in [0.25, 0.3) is 0 Å². The molecule has 1 aromatic carbocycles. The molecule has 0 unspecified atom stereocenters. The molecule has 0 bridgehead atoms. The second-order valence-electron chi connectivity index (χ2n) is 4.97. The van der Waals surface area contributed by atoms with Crippen LogP contribution in [-0.4, -0.2) is 22.8 Å². The average molecular weight is 402 g/mol. The normalized spacial score (nSPS) is 16.1. The van der Waals surface area contributed by atoms with Crippen LogP contribution in [0.2, 0.25) is 0 Å². The zero-order valence-corrected chi connectivity index (χ0v) is 13.7. The second kappa shape index (κ2) is 7.05. The summed E-state index contributed by atoms with van der Waals surface area (Å²) in [6.07, 6.45) is -4.68. The van der Waals surface area contributed by atoms with E-state index in [0.29, 0.717) is 16.5 Å². The predicted octanol–water partition coefficient (Wildman–Crippen LogP) is 4.22. The first kappa shape index (κ1) is 18.0. The lowest BCUT2D eigenvalue weighted by atomic mass is 9.92. The number of halogens is 4. The molecule has 0 aromatic heterocycles. The number of nitriles is 1. The highest BCUT2D eigenvalue weighted by atomic mass is 79.9. The van der Waals surface area contributed by atoms with Crippen molar-refractivity contribution >= 4 is 33.1 Å². The molecule has 5 nitrogen and oxygen atoms in total. The van der Waals surface area contributed by atoms with Crippen molar-refractivity contribution in [2.75, 3.05) is 5.43 Å². The number of carbonyl (C=O) groups excluding carboxylic acids is 1. The lowest BCUT2D eigenvalue weighted by Crippen LogP contribution is -2.32. The molecule has 0 spiro atoms. The molecule has 0 heterocycles. The molecule has 2 rings (SSSR count). The Bertz CT molecular complexity index is 779. The number of aliphatic hydroxyl groups excluding tert-OH is 1. The summed E-state index contributed by atoms with van der Waals surface area (Å²) in [7, 11) is 0. The van der Waals surface area contributed by atoms with E-state index in [9.17, 15) is 23.1 Å². The summed E-state index contributed by atoms with van der Waals surface area (Å²) in [4.78, 5) is 11.8. The average Bonchev–Trinajstić information content (AvgIpc) is 2.49. The smallest absolute Gasteiger partial charge is 0.435 e. The number of hydrogen-bond acceptors (Lipinski definition) is 5. The van der Waals surface area contributed by atoms with E-state index < -0.39 is 29.0 Å². The van der Waals surface area contributed by atoms with Gasteiger partial charge in [0.1, 0.15) is 11.8 Å². The van der Waals surface area contributed by atoms with E-state index >= 15 is 0 Å². The van der Waals surface area contributed by atoms with Crippen molar-refractivity contribution in [3.8, 4) is 6.07 Å². The fourth-order valence-electron chi connectivity index (χ4n) is 2.15. The number of nitrogens with zero attached hydrogens (tertiary/aromatic N) is 2. The van der Waals surface area contributed by atoms with E-state index in [1.807, 2.05) is 6.07 Å². The highest BCUT2D eigenvalue weighted by molar-refractivity contribution is 9.10. The van der Waals surface area contributed by atoms with Crippen LogP contribution in [0.1, 0.15) is 24.8 Å². The van der Waals surface area contributed by atoms with Gasteiger partial charge in [0.2, 0.25) is 0 Å². The number of benzene rings is 1. The van der Waals surface area contributed by atoms with E-state index in [4.69, 9.17) is 5.26 Å². The van der Waals surface area contributed by atoms with Gasteiger partial charge in [-0.3, -0.25) is 10.2 Å². The Morgan fingerprint density at radius 2 is 2.08 bits per heavy atom. The molecule has 0 atom stereocenters. The number of nitrogens with one attached hydrogen (secondary N) is 1. The summed E-state index contributed by atoms with van der Waals surface area (Å²) in [6.45, 7) is 0. The van der Waals surface area contributed by atoms with Gasteiger partial charge in [0, 0.05) is 17.3 Å². The van der Waals surface area contributed by atoms with E-state index in [2.05, 4.69) is 26.5 Å². The molecular weight excluding hydrogens is 391 g/mol. The maximum atomic E-state index is 13.2. The maximum Gasteiger partial charge on any atom is 0.435 e. The molecule has 24 heavy (non-hydrogen) atoms. The number of ketones is 1. The van der Waals surface area contributed by atoms with Crippen molar-refractivity contribution in [3.05, 3.63) is 39.6 Å². The second-order valence-corrected chi connectivity index (χ2v) is 5.83. The van der Waals surface area contributed by atoms with Gasteiger partial charge in [0.05, 0.1) is 16.8 Å². The maximum absolute atomic E-state index is 13.2. The number of Topliss-reactive ketones (excluding diaryl/α,β-unsaturated/α-hetero) is 1. The Hall–Kier alpha value is -2.34. The Morgan fingerprint density at radius 3 is 2.62 bits per heavy atom. The van der Waals surface area contributed by atoms with Crippen molar-refractivity contribution in [2.45, 2.75) is 25.4 Å². The predicted molar refractivity (Wildman–Crippen MR) is 84.5 cm³/mol. The Kier molecular flexibility index (Phi) is 5.29. The molecule has 0 saturated heterocycles. The minimum Gasteiger partial charge on any atom is -0.511 e. The fourth-order valence-corrected chi connectivity index (χ4v) is 2.62. The first-order valence-electron chi connectivity index (χ1n) is 6.80. The zero-order valence-electron chi connectivity index (χ0n) is 12.1. The highest BCUT2D eigenvalue weighted by Gasteiger charge is 2.43. The Labute approximate surface area is 143 Å². The lowest BCUT2D eigenvalue weighted by molar-refractivity contribution is -0.116. The third-order valence-corrected chi connectivity index (χ3v) is 3.93. The number of hydrogen-bond donors (Lipinski definition) is 2. The van der Waals surface area contributed by atoms with Crippen LogP contribution >= 0.6 is 15.9 Å². The number of hydrazone groups is 1. The third kappa shape index (κ3) is 3.94. The summed E-state index contributed by atoms with van der Waals surface area (Å²) >= 11 is 3.11. The third-order valence-electron chi connectivity index (χ3n) is 3.28. The van der Waals surface area contributed by atoms with E-state index in [1.165, 1.54) is 18.2 Å². The SMILES string of the molecule is N#Cc1ccc(NN=C(C2=C(O)CCCC2=O)C(F)(F)F)cc1Br. The summed E-state index contributed by atoms with van der Waals surface area (Å²) < 4.78 is 40.1. The monoisotopic (exact) mass is 401 g/mol. The van der Waals surface area contributed by atoms with Gasteiger partial charge in [-0.15, -0.1) is 0 Å². The number of alkyl halides is 3. The molecule has 9 heteroatoms. The number of rotatable bonds is 3. The van der Waals surface area contributed by atoms with E-state index in [1.54, 1.807) is 0 Å².